The summed E-state index contributed by atoms with van der Waals surface area (Å²) in [4.78, 5) is 17.3. The molecular formula is C15H17N3O. The van der Waals surface area contributed by atoms with E-state index in [0.717, 1.165) is 5.56 Å². The lowest BCUT2D eigenvalue weighted by molar-refractivity contribution is 0.213. The SMILES string of the molecule is C=CCN1C(=O)N=C(N)C1c1cccc(C2CC2)c1. The van der Waals surface area contributed by atoms with Gasteiger partial charge in [0.05, 0.1) is 0 Å². The normalized spacial score (nSPS) is 22.5. The van der Waals surface area contributed by atoms with E-state index in [2.05, 4.69) is 23.7 Å². The minimum absolute atomic E-state index is 0.246. The Labute approximate surface area is 112 Å². The van der Waals surface area contributed by atoms with Crippen molar-refractivity contribution in [1.82, 2.24) is 4.90 Å². The molecule has 19 heavy (non-hydrogen) atoms. The minimum atomic E-state index is -0.278. The fourth-order valence-electron chi connectivity index (χ4n) is 2.58. The minimum Gasteiger partial charge on any atom is -0.385 e. The van der Waals surface area contributed by atoms with Crippen molar-refractivity contribution < 1.29 is 4.79 Å². The topological polar surface area (TPSA) is 58.7 Å². The number of aliphatic imine (C=N–C) groups is 1. The van der Waals surface area contributed by atoms with E-state index in [1.807, 2.05) is 12.1 Å². The van der Waals surface area contributed by atoms with Gasteiger partial charge in [-0.2, -0.15) is 4.99 Å². The maximum Gasteiger partial charge on any atom is 0.346 e. The molecule has 3 rings (SSSR count). The van der Waals surface area contributed by atoms with Gasteiger partial charge < -0.3 is 10.6 Å². The van der Waals surface area contributed by atoms with E-state index < -0.39 is 0 Å². The molecule has 1 unspecified atom stereocenters. The largest absolute Gasteiger partial charge is 0.385 e. The first-order valence-electron chi connectivity index (χ1n) is 6.56. The zero-order chi connectivity index (χ0) is 13.4. The van der Waals surface area contributed by atoms with E-state index in [-0.39, 0.29) is 12.1 Å². The fraction of sp³-hybridized carbons (Fsp3) is 0.333. The summed E-state index contributed by atoms with van der Waals surface area (Å²) in [5.41, 5.74) is 8.29. The Bertz CT molecular complexity index is 560. The lowest BCUT2D eigenvalue weighted by atomic mass is 10.0. The molecule has 1 heterocycles. The van der Waals surface area contributed by atoms with E-state index in [1.165, 1.54) is 18.4 Å². The third-order valence-corrected chi connectivity index (χ3v) is 3.66. The summed E-state index contributed by atoms with van der Waals surface area (Å²) in [7, 11) is 0. The number of hydrogen-bond acceptors (Lipinski definition) is 2. The number of hydrogen-bond donors (Lipinski definition) is 1. The molecule has 1 atom stereocenters. The number of carbonyl (C=O) groups excluding carboxylic acids is 1. The number of benzene rings is 1. The lowest BCUT2D eigenvalue weighted by Crippen LogP contribution is -2.33. The Morgan fingerprint density at radius 1 is 1.42 bits per heavy atom. The summed E-state index contributed by atoms with van der Waals surface area (Å²) >= 11 is 0. The summed E-state index contributed by atoms with van der Waals surface area (Å²) < 4.78 is 0. The van der Waals surface area contributed by atoms with Crippen molar-refractivity contribution in [1.29, 1.82) is 0 Å². The summed E-state index contributed by atoms with van der Waals surface area (Å²) in [6.45, 7) is 4.14. The number of urea groups is 1. The van der Waals surface area contributed by atoms with E-state index >= 15 is 0 Å². The molecule has 98 valence electrons. The molecule has 2 N–H and O–H groups in total. The van der Waals surface area contributed by atoms with Crippen molar-refractivity contribution in [2.24, 2.45) is 10.7 Å². The zero-order valence-corrected chi connectivity index (χ0v) is 10.7. The van der Waals surface area contributed by atoms with Crippen LogP contribution in [0.3, 0.4) is 0 Å². The highest BCUT2D eigenvalue weighted by molar-refractivity contribution is 6.03. The second kappa shape index (κ2) is 4.53. The van der Waals surface area contributed by atoms with Gasteiger partial charge in [0, 0.05) is 6.54 Å². The zero-order valence-electron chi connectivity index (χ0n) is 10.7. The molecular weight excluding hydrogens is 238 g/mol. The fourth-order valence-corrected chi connectivity index (χ4v) is 2.58. The van der Waals surface area contributed by atoms with E-state index in [1.54, 1.807) is 11.0 Å². The molecule has 2 aliphatic rings. The maximum absolute atomic E-state index is 11.8. The van der Waals surface area contributed by atoms with Crippen LogP contribution in [0, 0.1) is 0 Å². The molecule has 4 nitrogen and oxygen atoms in total. The van der Waals surface area contributed by atoms with Gasteiger partial charge in [-0.1, -0.05) is 30.3 Å². The predicted octanol–water partition coefficient (Wildman–Crippen LogP) is 2.58. The van der Waals surface area contributed by atoms with Crippen LogP contribution in [0.15, 0.2) is 41.9 Å². The molecule has 1 saturated carbocycles. The van der Waals surface area contributed by atoms with Crippen LogP contribution in [-0.2, 0) is 0 Å². The molecule has 1 aromatic carbocycles. The molecule has 0 aromatic heterocycles. The molecule has 0 saturated heterocycles. The second-order valence-corrected chi connectivity index (χ2v) is 5.11. The van der Waals surface area contributed by atoms with Crippen LogP contribution in [0.5, 0.6) is 0 Å². The number of nitrogens with two attached hydrogens (primary N) is 1. The van der Waals surface area contributed by atoms with Gasteiger partial charge in [-0.15, -0.1) is 6.58 Å². The van der Waals surface area contributed by atoms with Crippen molar-refractivity contribution in [3.63, 3.8) is 0 Å². The highest BCUT2D eigenvalue weighted by Crippen LogP contribution is 2.41. The van der Waals surface area contributed by atoms with Gasteiger partial charge in [-0.05, 0) is 29.9 Å². The van der Waals surface area contributed by atoms with Gasteiger partial charge in [-0.3, -0.25) is 0 Å². The number of carbonyl (C=O) groups is 1. The third kappa shape index (κ3) is 2.14. The van der Waals surface area contributed by atoms with Crippen LogP contribution in [0.25, 0.3) is 0 Å². The molecule has 0 radical (unpaired) electrons. The van der Waals surface area contributed by atoms with Gasteiger partial charge in [0.1, 0.15) is 11.9 Å². The van der Waals surface area contributed by atoms with Gasteiger partial charge in [0.2, 0.25) is 0 Å². The average molecular weight is 255 g/mol. The first-order valence-corrected chi connectivity index (χ1v) is 6.56. The van der Waals surface area contributed by atoms with Crippen molar-refractivity contribution >= 4 is 11.9 Å². The van der Waals surface area contributed by atoms with E-state index in [0.29, 0.717) is 18.3 Å². The summed E-state index contributed by atoms with van der Waals surface area (Å²) in [5, 5.41) is 0. The quantitative estimate of drug-likeness (QED) is 0.841. The molecule has 1 fully saturated rings. The van der Waals surface area contributed by atoms with Gasteiger partial charge in [0.25, 0.3) is 0 Å². The maximum atomic E-state index is 11.8. The highest BCUT2D eigenvalue weighted by Gasteiger charge is 2.34. The Balaban J connectivity index is 1.94. The Morgan fingerprint density at radius 3 is 2.84 bits per heavy atom. The number of rotatable bonds is 4. The molecule has 0 bridgehead atoms. The van der Waals surface area contributed by atoms with Crippen LogP contribution < -0.4 is 5.73 Å². The predicted molar refractivity (Wildman–Crippen MR) is 75.1 cm³/mol. The lowest BCUT2D eigenvalue weighted by Gasteiger charge is -2.23. The summed E-state index contributed by atoms with van der Waals surface area (Å²) in [5.74, 6) is 1.06. The number of nitrogens with zero attached hydrogens (tertiary/aromatic N) is 2. The van der Waals surface area contributed by atoms with Crippen LogP contribution >= 0.6 is 0 Å². The summed E-state index contributed by atoms with van der Waals surface area (Å²) in [6, 6.07) is 7.81. The van der Waals surface area contributed by atoms with E-state index in [4.69, 9.17) is 5.73 Å². The number of amidine groups is 1. The smallest absolute Gasteiger partial charge is 0.346 e. The molecule has 0 spiro atoms. The number of amides is 2. The van der Waals surface area contributed by atoms with Crippen LogP contribution in [0.2, 0.25) is 0 Å². The molecule has 1 aliphatic carbocycles. The molecule has 1 aromatic rings. The Kier molecular flexibility index (Phi) is 2.85. The molecule has 2 amide bonds. The standard InChI is InChI=1S/C15H17N3O/c1-2-8-18-13(14(16)17-15(18)19)12-5-3-4-11(9-12)10-6-7-10/h2-5,9-10,13H,1,6-8H2,(H2,16,17,19). The van der Waals surface area contributed by atoms with Crippen molar-refractivity contribution in [2.45, 2.75) is 24.8 Å². The van der Waals surface area contributed by atoms with Gasteiger partial charge in [-0.25, -0.2) is 4.79 Å². The molecule has 4 heteroatoms. The van der Waals surface area contributed by atoms with Crippen molar-refractivity contribution in [3.05, 3.63) is 48.0 Å². The highest BCUT2D eigenvalue weighted by atomic mass is 16.2. The van der Waals surface area contributed by atoms with Gasteiger partial charge >= 0.3 is 6.03 Å². The monoisotopic (exact) mass is 255 g/mol. The van der Waals surface area contributed by atoms with Crippen molar-refractivity contribution in [2.75, 3.05) is 6.54 Å². The average Bonchev–Trinajstić information content (AvgIpc) is 3.19. The van der Waals surface area contributed by atoms with Crippen LogP contribution in [-0.4, -0.2) is 23.3 Å². The van der Waals surface area contributed by atoms with Crippen LogP contribution in [0.1, 0.15) is 35.9 Å². The summed E-state index contributed by atoms with van der Waals surface area (Å²) in [6.07, 6.45) is 4.21. The van der Waals surface area contributed by atoms with E-state index in [9.17, 15) is 4.79 Å². The van der Waals surface area contributed by atoms with Crippen LogP contribution in [0.4, 0.5) is 4.79 Å². The van der Waals surface area contributed by atoms with Gasteiger partial charge in [0.15, 0.2) is 0 Å². The third-order valence-electron chi connectivity index (χ3n) is 3.66. The second-order valence-electron chi connectivity index (χ2n) is 5.11. The first kappa shape index (κ1) is 12.0. The first-order chi connectivity index (χ1) is 9.20. The molecule has 1 aliphatic heterocycles. The Hall–Kier alpha value is -2.10. The Morgan fingerprint density at radius 2 is 2.16 bits per heavy atom. The van der Waals surface area contributed by atoms with Crippen molar-refractivity contribution in [3.8, 4) is 0 Å².